The van der Waals surface area contributed by atoms with Gasteiger partial charge in [0.05, 0.1) is 16.5 Å². The Morgan fingerprint density at radius 2 is 1.72 bits per heavy atom. The molecule has 6 nitrogen and oxygen atoms in total. The summed E-state index contributed by atoms with van der Waals surface area (Å²) in [7, 11) is -3.41. The molecule has 148 valence electrons. The van der Waals surface area contributed by atoms with Crippen LogP contribution in [0, 0.1) is 11.8 Å². The van der Waals surface area contributed by atoms with Gasteiger partial charge < -0.3 is 10.2 Å². The van der Waals surface area contributed by atoms with E-state index in [9.17, 15) is 13.2 Å². The van der Waals surface area contributed by atoms with Gasteiger partial charge in [-0.05, 0) is 48.0 Å². The van der Waals surface area contributed by atoms with E-state index < -0.39 is 15.8 Å². The summed E-state index contributed by atoms with van der Waals surface area (Å²) in [6.45, 7) is 0.514. The van der Waals surface area contributed by atoms with E-state index in [0.29, 0.717) is 12.3 Å². The Kier molecular flexibility index (Phi) is 5.07. The maximum atomic E-state index is 12.6. The highest BCUT2D eigenvalue weighted by molar-refractivity contribution is 7.94. The molecule has 1 aliphatic carbocycles. The van der Waals surface area contributed by atoms with E-state index in [2.05, 4.69) is 10.5 Å². The maximum absolute atomic E-state index is 12.6. The topological polar surface area (TPSA) is 84.8 Å². The largest absolute Gasteiger partial charge is 0.457 e. The van der Waals surface area contributed by atoms with Gasteiger partial charge in [0.15, 0.2) is 15.6 Å². The fourth-order valence-corrected chi connectivity index (χ4v) is 4.10. The van der Waals surface area contributed by atoms with E-state index in [0.717, 1.165) is 23.3 Å². The minimum absolute atomic E-state index is 0.0469. The van der Waals surface area contributed by atoms with Crippen LogP contribution >= 0.6 is 0 Å². The van der Waals surface area contributed by atoms with Crippen LogP contribution in [0.5, 0.6) is 11.5 Å². The number of ketones is 1. The first kappa shape index (κ1) is 19.1. The molecular weight excluding hydrogens is 388 g/mol. The Morgan fingerprint density at radius 1 is 1.03 bits per heavy atom. The molecule has 4 rings (SSSR count). The number of nitrogens with one attached hydrogen (secondary N) is 1. The standard InChI is InChI=1S/C22H20N2O4S/c1-29(26,27)18-11-12-19(21(25)13-18)20-14-23-24-22(20)15-7-9-17(10-8-15)28-16-5-3-2-4-6-16/h2-13,19-20,23H,14H2,1H3. The number of rotatable bonds is 5. The number of benzene rings is 2. The molecule has 0 spiro atoms. The average Bonchev–Trinajstić information content (AvgIpc) is 3.18. The Balaban J connectivity index is 1.51. The molecule has 0 saturated carbocycles. The number of carbonyl (C=O) groups is 1. The summed E-state index contributed by atoms with van der Waals surface area (Å²) in [5.41, 5.74) is 4.63. The average molecular weight is 408 g/mol. The zero-order valence-electron chi connectivity index (χ0n) is 15.8. The molecule has 2 unspecified atom stereocenters. The van der Waals surface area contributed by atoms with Gasteiger partial charge in [-0.25, -0.2) is 8.42 Å². The quantitative estimate of drug-likeness (QED) is 0.822. The number of nitrogens with zero attached hydrogens (tertiary/aromatic N) is 1. The fraction of sp³-hybridized carbons (Fsp3) is 0.182. The predicted octanol–water partition coefficient (Wildman–Crippen LogP) is 3.09. The number of hydrogen-bond donors (Lipinski definition) is 1. The zero-order valence-corrected chi connectivity index (χ0v) is 16.6. The number of ether oxygens (including phenoxy) is 1. The van der Waals surface area contributed by atoms with Crippen LogP contribution in [-0.4, -0.2) is 32.7 Å². The number of hydrogen-bond acceptors (Lipinski definition) is 6. The third-order valence-electron chi connectivity index (χ3n) is 4.93. The van der Waals surface area contributed by atoms with Crippen LogP contribution in [0.1, 0.15) is 5.56 Å². The fourth-order valence-electron chi connectivity index (χ4n) is 3.44. The van der Waals surface area contributed by atoms with Gasteiger partial charge in [0, 0.05) is 24.8 Å². The Labute approximate surface area is 169 Å². The number of para-hydroxylation sites is 1. The number of allylic oxidation sites excluding steroid dienone is 3. The van der Waals surface area contributed by atoms with Crippen molar-refractivity contribution in [3.8, 4) is 11.5 Å². The summed E-state index contributed by atoms with van der Waals surface area (Å²) in [5, 5.41) is 4.38. The Morgan fingerprint density at radius 3 is 2.38 bits per heavy atom. The van der Waals surface area contributed by atoms with E-state index >= 15 is 0 Å². The molecule has 0 aromatic heterocycles. The lowest BCUT2D eigenvalue weighted by molar-refractivity contribution is -0.117. The van der Waals surface area contributed by atoms with E-state index in [1.165, 1.54) is 12.2 Å². The van der Waals surface area contributed by atoms with E-state index in [4.69, 9.17) is 4.74 Å². The molecule has 2 aromatic carbocycles. The molecule has 2 atom stereocenters. The van der Waals surface area contributed by atoms with Crippen LogP contribution in [0.4, 0.5) is 0 Å². The molecule has 2 aliphatic rings. The first-order valence-corrected chi connectivity index (χ1v) is 11.1. The molecule has 0 saturated heterocycles. The normalized spacial score (nSPS) is 21.3. The van der Waals surface area contributed by atoms with Crippen molar-refractivity contribution >= 4 is 21.3 Å². The van der Waals surface area contributed by atoms with Gasteiger partial charge in [0.25, 0.3) is 0 Å². The minimum atomic E-state index is -3.41. The first-order chi connectivity index (χ1) is 13.9. The molecule has 1 aliphatic heterocycles. The summed E-state index contributed by atoms with van der Waals surface area (Å²) >= 11 is 0. The van der Waals surface area contributed by atoms with Crippen molar-refractivity contribution in [2.45, 2.75) is 0 Å². The number of hydrazone groups is 1. The highest BCUT2D eigenvalue weighted by Crippen LogP contribution is 2.29. The van der Waals surface area contributed by atoms with Gasteiger partial charge >= 0.3 is 0 Å². The zero-order chi connectivity index (χ0) is 20.4. The van der Waals surface area contributed by atoms with Gasteiger partial charge in [-0.2, -0.15) is 5.10 Å². The lowest BCUT2D eigenvalue weighted by Gasteiger charge is -2.21. The first-order valence-electron chi connectivity index (χ1n) is 9.19. The van der Waals surface area contributed by atoms with Crippen LogP contribution in [0.3, 0.4) is 0 Å². The van der Waals surface area contributed by atoms with Crippen molar-refractivity contribution in [3.63, 3.8) is 0 Å². The molecule has 0 bridgehead atoms. The number of sulfone groups is 1. The summed E-state index contributed by atoms with van der Waals surface area (Å²) in [6.07, 6.45) is 5.49. The summed E-state index contributed by atoms with van der Waals surface area (Å²) in [4.78, 5) is 12.6. The van der Waals surface area contributed by atoms with Crippen molar-refractivity contribution in [1.82, 2.24) is 5.43 Å². The third-order valence-corrected chi connectivity index (χ3v) is 6.04. The SMILES string of the molecule is CS(=O)(=O)C1=CC(=O)C(C2CNN=C2c2ccc(Oc3ccccc3)cc2)C=C1. The van der Waals surface area contributed by atoms with Crippen LogP contribution < -0.4 is 10.2 Å². The summed E-state index contributed by atoms with van der Waals surface area (Å²) in [6, 6.07) is 17.1. The van der Waals surface area contributed by atoms with Crippen LogP contribution in [0.2, 0.25) is 0 Å². The van der Waals surface area contributed by atoms with Gasteiger partial charge in [-0.3, -0.25) is 4.79 Å². The lowest BCUT2D eigenvalue weighted by atomic mass is 9.81. The molecule has 0 fully saturated rings. The Bertz CT molecular complexity index is 1120. The van der Waals surface area contributed by atoms with Gasteiger partial charge in [-0.15, -0.1) is 0 Å². The predicted molar refractivity (Wildman–Crippen MR) is 112 cm³/mol. The van der Waals surface area contributed by atoms with Crippen molar-refractivity contribution in [2.24, 2.45) is 16.9 Å². The van der Waals surface area contributed by atoms with Gasteiger partial charge in [0.1, 0.15) is 11.5 Å². The second-order valence-corrected chi connectivity index (χ2v) is 9.03. The van der Waals surface area contributed by atoms with E-state index in [1.54, 1.807) is 6.08 Å². The summed E-state index contributed by atoms with van der Waals surface area (Å²) < 4.78 is 29.2. The molecule has 1 heterocycles. The third kappa shape index (κ3) is 4.14. The monoisotopic (exact) mass is 408 g/mol. The minimum Gasteiger partial charge on any atom is -0.457 e. The van der Waals surface area contributed by atoms with Gasteiger partial charge in [0.2, 0.25) is 0 Å². The van der Waals surface area contributed by atoms with Crippen molar-refractivity contribution in [1.29, 1.82) is 0 Å². The second kappa shape index (κ2) is 7.67. The number of carbonyl (C=O) groups excluding carboxylic acids is 1. The molecule has 2 aromatic rings. The molecule has 29 heavy (non-hydrogen) atoms. The maximum Gasteiger partial charge on any atom is 0.175 e. The Hall–Kier alpha value is -3.19. The lowest BCUT2D eigenvalue weighted by Crippen LogP contribution is -2.31. The highest BCUT2D eigenvalue weighted by atomic mass is 32.2. The summed E-state index contributed by atoms with van der Waals surface area (Å²) in [5.74, 6) is 0.617. The van der Waals surface area contributed by atoms with E-state index in [-0.39, 0.29) is 16.6 Å². The van der Waals surface area contributed by atoms with Crippen molar-refractivity contribution in [2.75, 3.05) is 12.8 Å². The van der Waals surface area contributed by atoms with Crippen molar-refractivity contribution in [3.05, 3.63) is 83.3 Å². The molecule has 0 radical (unpaired) electrons. The molecule has 0 amide bonds. The highest BCUT2D eigenvalue weighted by Gasteiger charge is 2.35. The molecular formula is C22H20N2O4S. The van der Waals surface area contributed by atoms with Gasteiger partial charge in [-0.1, -0.05) is 24.3 Å². The van der Waals surface area contributed by atoms with E-state index in [1.807, 2.05) is 54.6 Å². The molecule has 7 heteroatoms. The van der Waals surface area contributed by atoms with Crippen LogP contribution in [-0.2, 0) is 14.6 Å². The van der Waals surface area contributed by atoms with Crippen LogP contribution in [0.15, 0.2) is 82.8 Å². The molecule has 1 N–H and O–H groups in total. The van der Waals surface area contributed by atoms with Crippen LogP contribution in [0.25, 0.3) is 0 Å². The second-order valence-electron chi connectivity index (χ2n) is 7.01. The van der Waals surface area contributed by atoms with Crippen molar-refractivity contribution < 1.29 is 17.9 Å². The smallest absolute Gasteiger partial charge is 0.175 e.